The van der Waals surface area contributed by atoms with E-state index in [9.17, 15) is 0 Å². The molecule has 3 aromatic rings. The number of benzene rings is 2. The normalized spacial score (nSPS) is 13.2. The Hall–Kier alpha value is -2.45. The smallest absolute Gasteiger partial charge is 0.214 e. The number of hydrogen-bond acceptors (Lipinski definition) is 7. The van der Waals surface area contributed by atoms with Gasteiger partial charge in [-0.15, -0.1) is 5.10 Å². The van der Waals surface area contributed by atoms with Gasteiger partial charge in [-0.3, -0.25) is 0 Å². The highest BCUT2D eigenvalue weighted by molar-refractivity contribution is 7.98. The van der Waals surface area contributed by atoms with Crippen LogP contribution >= 0.6 is 23.4 Å². The highest BCUT2D eigenvalue weighted by Crippen LogP contribution is 2.39. The summed E-state index contributed by atoms with van der Waals surface area (Å²) in [6, 6.07) is 9.73. The van der Waals surface area contributed by atoms with Crippen molar-refractivity contribution < 1.29 is 14.2 Å². The summed E-state index contributed by atoms with van der Waals surface area (Å²) in [5.41, 5.74) is 2.90. The lowest BCUT2D eigenvalue weighted by atomic mass is 10.2. The molecule has 0 saturated heterocycles. The lowest BCUT2D eigenvalue weighted by Gasteiger charge is -2.12. The van der Waals surface area contributed by atoms with Crippen molar-refractivity contribution >= 4 is 23.4 Å². The molecule has 28 heavy (non-hydrogen) atoms. The molecule has 0 N–H and O–H groups in total. The first kappa shape index (κ1) is 18.9. The Morgan fingerprint density at radius 2 is 2.07 bits per heavy atom. The van der Waals surface area contributed by atoms with Gasteiger partial charge in [0.05, 0.1) is 25.3 Å². The number of methoxy groups -OCH3 is 1. The predicted octanol–water partition coefficient (Wildman–Crippen LogP) is 4.09. The van der Waals surface area contributed by atoms with Crippen molar-refractivity contribution in [2.24, 2.45) is 0 Å². The van der Waals surface area contributed by atoms with Gasteiger partial charge in [0.15, 0.2) is 11.5 Å². The second-order valence-electron chi connectivity index (χ2n) is 6.29. The van der Waals surface area contributed by atoms with E-state index in [2.05, 4.69) is 15.5 Å². The molecule has 1 aliphatic heterocycles. The van der Waals surface area contributed by atoms with E-state index in [1.54, 1.807) is 11.8 Å². The van der Waals surface area contributed by atoms with Gasteiger partial charge in [-0.2, -0.15) is 4.68 Å². The first-order chi connectivity index (χ1) is 13.7. The van der Waals surface area contributed by atoms with Crippen LogP contribution in [0.1, 0.15) is 17.5 Å². The molecule has 0 atom stereocenters. The molecule has 0 amide bonds. The number of aryl methyl sites for hydroxylation is 1. The topological polar surface area (TPSA) is 71.3 Å². The minimum atomic E-state index is 0.551. The zero-order valence-electron chi connectivity index (χ0n) is 15.5. The van der Waals surface area contributed by atoms with Crippen molar-refractivity contribution in [1.82, 2.24) is 20.2 Å². The Morgan fingerprint density at radius 1 is 1.21 bits per heavy atom. The van der Waals surface area contributed by atoms with Crippen LogP contribution in [0.4, 0.5) is 0 Å². The quantitative estimate of drug-likeness (QED) is 0.578. The lowest BCUT2D eigenvalue weighted by Crippen LogP contribution is -2.02. The molecule has 1 aliphatic rings. The maximum absolute atomic E-state index is 6.39. The minimum Gasteiger partial charge on any atom is -0.494 e. The van der Waals surface area contributed by atoms with Crippen molar-refractivity contribution in [3.63, 3.8) is 0 Å². The van der Waals surface area contributed by atoms with E-state index in [1.807, 2.05) is 37.3 Å². The van der Waals surface area contributed by atoms with Gasteiger partial charge in [-0.25, -0.2) is 0 Å². The Kier molecular flexibility index (Phi) is 5.59. The summed E-state index contributed by atoms with van der Waals surface area (Å²) in [5, 5.41) is 13.3. The van der Waals surface area contributed by atoms with Crippen LogP contribution in [0.25, 0.3) is 5.69 Å². The van der Waals surface area contributed by atoms with E-state index in [0.717, 1.165) is 23.2 Å². The molecule has 0 saturated carbocycles. The van der Waals surface area contributed by atoms with E-state index < -0.39 is 0 Å². The van der Waals surface area contributed by atoms with Gasteiger partial charge >= 0.3 is 0 Å². The number of ether oxygens (including phenoxy) is 3. The summed E-state index contributed by atoms with van der Waals surface area (Å²) >= 11 is 7.90. The zero-order chi connectivity index (χ0) is 19.5. The molecule has 1 aromatic heterocycles. The third-order valence-corrected chi connectivity index (χ3v) is 5.50. The van der Waals surface area contributed by atoms with Crippen molar-refractivity contribution in [2.75, 3.05) is 20.3 Å². The van der Waals surface area contributed by atoms with Crippen molar-refractivity contribution in [1.29, 1.82) is 0 Å². The molecule has 0 radical (unpaired) electrons. The van der Waals surface area contributed by atoms with Gasteiger partial charge in [0.1, 0.15) is 11.4 Å². The average molecular weight is 419 g/mol. The molecule has 2 aromatic carbocycles. The van der Waals surface area contributed by atoms with Crippen molar-refractivity contribution in [3.8, 4) is 22.9 Å². The molecule has 0 unspecified atom stereocenters. The van der Waals surface area contributed by atoms with Gasteiger partial charge in [0, 0.05) is 12.2 Å². The van der Waals surface area contributed by atoms with Gasteiger partial charge < -0.3 is 14.2 Å². The monoisotopic (exact) mass is 418 g/mol. The molecule has 2 heterocycles. The number of hydrogen-bond donors (Lipinski definition) is 0. The Morgan fingerprint density at radius 3 is 2.93 bits per heavy atom. The second-order valence-corrected chi connectivity index (χ2v) is 7.64. The standard InChI is InChI=1S/C19H19ClN4O3S/c1-12-4-5-16(25-2)15(8-12)24-19(21-22-23-24)28-11-13-9-14(20)18-17(10-13)26-6-3-7-27-18/h4-5,8-10H,3,6-7,11H2,1-2H3. The predicted molar refractivity (Wildman–Crippen MR) is 107 cm³/mol. The second kappa shape index (κ2) is 8.28. The molecule has 0 spiro atoms. The van der Waals surface area contributed by atoms with E-state index in [0.29, 0.717) is 46.4 Å². The molecule has 146 valence electrons. The highest BCUT2D eigenvalue weighted by atomic mass is 35.5. The fourth-order valence-corrected chi connectivity index (χ4v) is 4.00. The average Bonchev–Trinajstić information content (AvgIpc) is 3.03. The molecular formula is C19H19ClN4O3S. The maximum Gasteiger partial charge on any atom is 0.214 e. The fraction of sp³-hybridized carbons (Fsp3) is 0.316. The molecule has 9 heteroatoms. The van der Waals surface area contributed by atoms with Crippen LogP contribution in [-0.4, -0.2) is 40.5 Å². The molecule has 0 bridgehead atoms. The summed E-state index contributed by atoms with van der Waals surface area (Å²) in [6.45, 7) is 3.24. The third kappa shape index (κ3) is 3.88. The number of nitrogens with zero attached hydrogens (tertiary/aromatic N) is 4. The Labute approximate surface area is 171 Å². The van der Waals surface area contributed by atoms with Crippen LogP contribution in [0.5, 0.6) is 17.2 Å². The molecule has 7 nitrogen and oxygen atoms in total. The van der Waals surface area contributed by atoms with Crippen LogP contribution in [0.2, 0.25) is 5.02 Å². The fourth-order valence-electron chi connectivity index (χ4n) is 2.90. The van der Waals surface area contributed by atoms with Crippen molar-refractivity contribution in [2.45, 2.75) is 24.3 Å². The first-order valence-electron chi connectivity index (χ1n) is 8.80. The minimum absolute atomic E-state index is 0.551. The van der Waals surface area contributed by atoms with E-state index in [-0.39, 0.29) is 0 Å². The van der Waals surface area contributed by atoms with E-state index in [1.165, 1.54) is 11.8 Å². The largest absolute Gasteiger partial charge is 0.494 e. The summed E-state index contributed by atoms with van der Waals surface area (Å²) < 4.78 is 18.6. The Balaban J connectivity index is 1.58. The summed E-state index contributed by atoms with van der Waals surface area (Å²) in [7, 11) is 1.63. The summed E-state index contributed by atoms with van der Waals surface area (Å²) in [4.78, 5) is 0. The lowest BCUT2D eigenvalue weighted by molar-refractivity contribution is 0.297. The molecule has 0 fully saturated rings. The van der Waals surface area contributed by atoms with Crippen molar-refractivity contribution in [3.05, 3.63) is 46.5 Å². The van der Waals surface area contributed by atoms with Crippen LogP contribution in [0, 0.1) is 6.92 Å². The van der Waals surface area contributed by atoms with E-state index >= 15 is 0 Å². The van der Waals surface area contributed by atoms with Gasteiger partial charge in [0.2, 0.25) is 5.16 Å². The molecule has 0 aliphatic carbocycles. The number of aromatic nitrogens is 4. The number of halogens is 1. The van der Waals surface area contributed by atoms with Gasteiger partial charge in [-0.1, -0.05) is 29.4 Å². The Bertz CT molecular complexity index is 995. The molecule has 4 rings (SSSR count). The zero-order valence-corrected chi connectivity index (χ0v) is 17.1. The van der Waals surface area contributed by atoms with Crippen LogP contribution < -0.4 is 14.2 Å². The number of tetrazole rings is 1. The van der Waals surface area contributed by atoms with Crippen LogP contribution in [-0.2, 0) is 5.75 Å². The number of rotatable bonds is 5. The van der Waals surface area contributed by atoms with Crippen LogP contribution in [0.15, 0.2) is 35.5 Å². The van der Waals surface area contributed by atoms with E-state index in [4.69, 9.17) is 25.8 Å². The highest BCUT2D eigenvalue weighted by Gasteiger charge is 2.17. The molecular weight excluding hydrogens is 400 g/mol. The van der Waals surface area contributed by atoms with Crippen LogP contribution in [0.3, 0.4) is 0 Å². The summed E-state index contributed by atoms with van der Waals surface area (Å²) in [6.07, 6.45) is 0.836. The SMILES string of the molecule is COc1ccc(C)cc1-n1nnnc1SCc1cc(Cl)c2c(c1)OCCCO2. The number of thioether (sulfide) groups is 1. The summed E-state index contributed by atoms with van der Waals surface area (Å²) in [5.74, 6) is 2.63. The van der Waals surface area contributed by atoms with Gasteiger partial charge in [0.25, 0.3) is 0 Å². The maximum atomic E-state index is 6.39. The van der Waals surface area contributed by atoms with Gasteiger partial charge in [-0.05, 0) is 52.7 Å². The third-order valence-electron chi connectivity index (χ3n) is 4.23. The number of fused-ring (bicyclic) bond motifs is 1. The first-order valence-corrected chi connectivity index (χ1v) is 10.2.